The minimum atomic E-state index is -0.487. The van der Waals surface area contributed by atoms with Gasteiger partial charge in [0.05, 0.1) is 6.04 Å². The highest BCUT2D eigenvalue weighted by Crippen LogP contribution is 2.15. The van der Waals surface area contributed by atoms with Crippen LogP contribution in [-0.2, 0) is 16.1 Å². The smallest absolute Gasteiger partial charge is 0.407 e. The van der Waals surface area contributed by atoms with Gasteiger partial charge in [-0.25, -0.2) is 4.79 Å². The van der Waals surface area contributed by atoms with Gasteiger partial charge in [0.1, 0.15) is 11.9 Å². The van der Waals surface area contributed by atoms with E-state index in [-0.39, 0.29) is 6.04 Å². The summed E-state index contributed by atoms with van der Waals surface area (Å²) >= 11 is 0. The van der Waals surface area contributed by atoms with E-state index in [1.807, 2.05) is 32.9 Å². The van der Waals surface area contributed by atoms with Gasteiger partial charge in [0.2, 0.25) is 0 Å². The van der Waals surface area contributed by atoms with E-state index in [0.29, 0.717) is 13.1 Å². The zero-order chi connectivity index (χ0) is 19.7. The molecule has 146 valence electrons. The second-order valence-corrected chi connectivity index (χ2v) is 7.73. The summed E-state index contributed by atoms with van der Waals surface area (Å²) < 4.78 is 5.19. The first-order chi connectivity index (χ1) is 12.9. The van der Waals surface area contributed by atoms with E-state index in [0.717, 1.165) is 31.1 Å². The van der Waals surface area contributed by atoms with Gasteiger partial charge in [-0.15, -0.1) is 0 Å². The molecule has 27 heavy (non-hydrogen) atoms. The zero-order valence-corrected chi connectivity index (χ0v) is 16.5. The normalized spacial score (nSPS) is 12.6. The number of rotatable bonds is 9. The van der Waals surface area contributed by atoms with Crippen LogP contribution in [0.25, 0.3) is 10.8 Å². The molecule has 1 unspecified atom stereocenters. The van der Waals surface area contributed by atoms with Gasteiger partial charge >= 0.3 is 6.09 Å². The average Bonchev–Trinajstić information content (AvgIpc) is 2.62. The molecular formula is C22H30N2O3. The minimum Gasteiger partial charge on any atom is -0.444 e. The Balaban J connectivity index is 1.68. The van der Waals surface area contributed by atoms with Crippen LogP contribution in [0.3, 0.4) is 0 Å². The second-order valence-electron chi connectivity index (χ2n) is 7.73. The zero-order valence-electron chi connectivity index (χ0n) is 16.5. The lowest BCUT2D eigenvalue weighted by atomic mass is 10.1. The molecule has 5 nitrogen and oxygen atoms in total. The average molecular weight is 370 g/mol. The van der Waals surface area contributed by atoms with Gasteiger partial charge in [0.25, 0.3) is 0 Å². The molecule has 0 aromatic heterocycles. The molecular weight excluding hydrogens is 340 g/mol. The second kappa shape index (κ2) is 10.1. The number of benzene rings is 2. The number of fused-ring (bicyclic) bond motifs is 1. The number of unbranched alkanes of at least 4 members (excludes halogenated alkanes) is 1. The molecule has 5 heteroatoms. The third-order valence-corrected chi connectivity index (χ3v) is 4.16. The van der Waals surface area contributed by atoms with Crippen molar-refractivity contribution < 1.29 is 14.3 Å². The highest BCUT2D eigenvalue weighted by atomic mass is 16.6. The molecule has 0 saturated heterocycles. The number of carbonyl (C=O) groups is 2. The van der Waals surface area contributed by atoms with Crippen LogP contribution in [0, 0.1) is 0 Å². The maximum absolute atomic E-state index is 11.6. The Morgan fingerprint density at radius 3 is 2.56 bits per heavy atom. The third kappa shape index (κ3) is 7.79. The Bertz CT molecular complexity index is 753. The molecule has 0 aliphatic carbocycles. The standard InChI is InChI=1S/C22H30N2O3/c1-22(2,3)27-21(26)23-13-7-6-10-20(16-25)24-15-17-11-12-18-8-4-5-9-19(18)14-17/h4-5,8-9,11-12,14,16,20,24H,6-7,10,13,15H2,1-3H3,(H,23,26). The fraction of sp³-hybridized carbons (Fsp3) is 0.455. The Kier molecular flexibility index (Phi) is 7.80. The number of hydrogen-bond donors (Lipinski definition) is 2. The lowest BCUT2D eigenvalue weighted by Crippen LogP contribution is -2.33. The van der Waals surface area contributed by atoms with Crippen LogP contribution in [0.1, 0.15) is 45.6 Å². The molecule has 0 bridgehead atoms. The first kappa shape index (κ1) is 20.9. The van der Waals surface area contributed by atoms with E-state index in [9.17, 15) is 9.59 Å². The number of amides is 1. The summed E-state index contributed by atoms with van der Waals surface area (Å²) in [4.78, 5) is 22.9. The fourth-order valence-electron chi connectivity index (χ4n) is 2.81. The SMILES string of the molecule is CC(C)(C)OC(=O)NCCCCC(C=O)NCc1ccc2ccccc2c1. The molecule has 2 rings (SSSR count). The Morgan fingerprint density at radius 1 is 1.11 bits per heavy atom. The molecule has 0 spiro atoms. The molecule has 0 heterocycles. The van der Waals surface area contributed by atoms with Crippen molar-refractivity contribution in [1.82, 2.24) is 10.6 Å². The van der Waals surface area contributed by atoms with E-state index < -0.39 is 11.7 Å². The van der Waals surface area contributed by atoms with Crippen LogP contribution in [0.5, 0.6) is 0 Å². The number of ether oxygens (including phenoxy) is 1. The van der Waals surface area contributed by atoms with E-state index in [4.69, 9.17) is 4.74 Å². The molecule has 2 aromatic carbocycles. The molecule has 1 atom stereocenters. The lowest BCUT2D eigenvalue weighted by molar-refractivity contribution is -0.109. The first-order valence-electron chi connectivity index (χ1n) is 9.50. The molecule has 0 aliphatic heterocycles. The lowest BCUT2D eigenvalue weighted by Gasteiger charge is -2.19. The number of hydrogen-bond acceptors (Lipinski definition) is 4. The highest BCUT2D eigenvalue weighted by Gasteiger charge is 2.15. The maximum Gasteiger partial charge on any atom is 0.407 e. The van der Waals surface area contributed by atoms with Crippen LogP contribution in [0.2, 0.25) is 0 Å². The first-order valence-corrected chi connectivity index (χ1v) is 9.50. The number of aldehydes is 1. The molecule has 2 aromatic rings. The summed E-state index contributed by atoms with van der Waals surface area (Å²) in [5.41, 5.74) is 0.673. The molecule has 1 amide bonds. The van der Waals surface area contributed by atoms with Crippen molar-refractivity contribution in [3.63, 3.8) is 0 Å². The number of carbonyl (C=O) groups excluding carboxylic acids is 2. The predicted molar refractivity (Wildman–Crippen MR) is 109 cm³/mol. The molecule has 0 saturated carbocycles. The van der Waals surface area contributed by atoms with Crippen molar-refractivity contribution in [2.75, 3.05) is 6.54 Å². The molecule has 0 aliphatic rings. The Labute approximate surface area is 161 Å². The third-order valence-electron chi connectivity index (χ3n) is 4.16. The summed E-state index contributed by atoms with van der Waals surface area (Å²) in [5, 5.41) is 8.45. The topological polar surface area (TPSA) is 67.4 Å². The molecule has 0 radical (unpaired) electrons. The van der Waals surface area contributed by atoms with Crippen LogP contribution in [0.4, 0.5) is 4.79 Å². The van der Waals surface area contributed by atoms with Crippen LogP contribution >= 0.6 is 0 Å². The van der Waals surface area contributed by atoms with Gasteiger partial charge in [-0.3, -0.25) is 0 Å². The van der Waals surface area contributed by atoms with Gasteiger partial charge in [0.15, 0.2) is 0 Å². The van der Waals surface area contributed by atoms with E-state index in [2.05, 4.69) is 41.0 Å². The highest BCUT2D eigenvalue weighted by molar-refractivity contribution is 5.83. The minimum absolute atomic E-state index is 0.182. The summed E-state index contributed by atoms with van der Waals surface area (Å²) in [6.45, 7) is 6.71. The van der Waals surface area contributed by atoms with Crippen LogP contribution in [0.15, 0.2) is 42.5 Å². The summed E-state index contributed by atoms with van der Waals surface area (Å²) in [7, 11) is 0. The quantitative estimate of drug-likeness (QED) is 0.513. The van der Waals surface area contributed by atoms with Crippen molar-refractivity contribution in [3.8, 4) is 0 Å². The van der Waals surface area contributed by atoms with Gasteiger partial charge in [-0.2, -0.15) is 0 Å². The Morgan fingerprint density at radius 2 is 1.85 bits per heavy atom. The van der Waals surface area contributed by atoms with E-state index >= 15 is 0 Å². The van der Waals surface area contributed by atoms with Crippen LogP contribution in [-0.4, -0.2) is 30.6 Å². The van der Waals surface area contributed by atoms with Crippen LogP contribution < -0.4 is 10.6 Å². The predicted octanol–water partition coefficient (Wildman–Crippen LogP) is 4.19. The van der Waals surface area contributed by atoms with Gasteiger partial charge in [-0.1, -0.05) is 36.4 Å². The number of nitrogens with one attached hydrogen (secondary N) is 2. The summed E-state index contributed by atoms with van der Waals surface area (Å²) in [6, 6.07) is 14.4. The van der Waals surface area contributed by atoms with Crippen molar-refractivity contribution in [2.24, 2.45) is 0 Å². The van der Waals surface area contributed by atoms with Gasteiger partial charge in [0, 0.05) is 13.1 Å². The summed E-state index contributed by atoms with van der Waals surface area (Å²) in [5.74, 6) is 0. The Hall–Kier alpha value is -2.40. The fourth-order valence-corrected chi connectivity index (χ4v) is 2.81. The van der Waals surface area contributed by atoms with Gasteiger partial charge in [-0.05, 0) is 62.4 Å². The monoisotopic (exact) mass is 370 g/mol. The van der Waals surface area contributed by atoms with E-state index in [1.165, 1.54) is 10.8 Å². The van der Waals surface area contributed by atoms with E-state index in [1.54, 1.807) is 0 Å². The summed E-state index contributed by atoms with van der Waals surface area (Å²) in [6.07, 6.45) is 2.96. The van der Waals surface area contributed by atoms with Crippen molar-refractivity contribution in [1.29, 1.82) is 0 Å². The maximum atomic E-state index is 11.6. The largest absolute Gasteiger partial charge is 0.444 e. The van der Waals surface area contributed by atoms with Crippen molar-refractivity contribution in [2.45, 2.75) is 58.2 Å². The molecule has 0 fully saturated rings. The molecule has 2 N–H and O–H groups in total. The van der Waals surface area contributed by atoms with Gasteiger partial charge < -0.3 is 20.2 Å². The van der Waals surface area contributed by atoms with Crippen molar-refractivity contribution in [3.05, 3.63) is 48.0 Å². The number of alkyl carbamates (subject to hydrolysis) is 1. The van der Waals surface area contributed by atoms with Crippen molar-refractivity contribution >= 4 is 23.2 Å².